The number of rotatable bonds is 5. The second-order valence-corrected chi connectivity index (χ2v) is 8.48. The standard InChI is InChI=1S/C24H18FN3OS2/c25-17-10-4-5-12-19(17)28-23(22(27-24(28)30)18-11-6-7-15-26-18)20-13-14-21(29-20)31-16-8-2-1-3-9-16/h1-15,22-23H,(H,27,30). The van der Waals surface area contributed by atoms with Gasteiger partial charge in [0.1, 0.15) is 17.6 Å². The van der Waals surface area contributed by atoms with Crippen LogP contribution in [0, 0.1) is 5.82 Å². The SMILES string of the molecule is Fc1ccccc1N1C(=S)NC(c2ccccn2)C1c1ccc(Sc2ccccc2)o1. The van der Waals surface area contributed by atoms with Crippen LogP contribution in [0.4, 0.5) is 10.1 Å². The lowest BCUT2D eigenvalue weighted by atomic mass is 10.0. The summed E-state index contributed by atoms with van der Waals surface area (Å²) in [5.41, 5.74) is 1.21. The Balaban J connectivity index is 1.55. The van der Waals surface area contributed by atoms with Crippen LogP contribution in [-0.2, 0) is 0 Å². The van der Waals surface area contributed by atoms with Gasteiger partial charge in [0, 0.05) is 11.1 Å². The molecule has 2 atom stereocenters. The summed E-state index contributed by atoms with van der Waals surface area (Å²) in [5, 5.41) is 4.50. The van der Waals surface area contributed by atoms with Crippen LogP contribution in [0.1, 0.15) is 23.5 Å². The maximum absolute atomic E-state index is 14.7. The number of nitrogens with zero attached hydrogens (tertiary/aromatic N) is 2. The first-order valence-electron chi connectivity index (χ1n) is 9.78. The minimum absolute atomic E-state index is 0.283. The number of anilines is 1. The Labute approximate surface area is 189 Å². The molecule has 1 aliphatic rings. The van der Waals surface area contributed by atoms with E-state index in [4.69, 9.17) is 16.6 Å². The molecule has 3 heterocycles. The van der Waals surface area contributed by atoms with Crippen molar-refractivity contribution in [2.45, 2.75) is 22.1 Å². The number of nitrogens with one attached hydrogen (secondary N) is 1. The number of pyridine rings is 1. The van der Waals surface area contributed by atoms with Crippen molar-refractivity contribution in [3.63, 3.8) is 0 Å². The van der Waals surface area contributed by atoms with E-state index in [1.165, 1.54) is 17.8 Å². The van der Waals surface area contributed by atoms with Crippen molar-refractivity contribution in [2.75, 3.05) is 4.90 Å². The van der Waals surface area contributed by atoms with E-state index in [0.717, 1.165) is 15.7 Å². The molecule has 0 radical (unpaired) electrons. The maximum Gasteiger partial charge on any atom is 0.174 e. The lowest BCUT2D eigenvalue weighted by Crippen LogP contribution is -2.30. The van der Waals surface area contributed by atoms with Crippen LogP contribution in [0.15, 0.2) is 106 Å². The Morgan fingerprint density at radius 3 is 2.48 bits per heavy atom. The predicted molar refractivity (Wildman–Crippen MR) is 124 cm³/mol. The van der Waals surface area contributed by atoms with Gasteiger partial charge in [0.05, 0.1) is 17.4 Å². The molecule has 2 unspecified atom stereocenters. The molecule has 1 fully saturated rings. The molecule has 31 heavy (non-hydrogen) atoms. The summed E-state index contributed by atoms with van der Waals surface area (Å²) in [6.07, 6.45) is 1.74. The lowest BCUT2D eigenvalue weighted by molar-refractivity contribution is 0.382. The zero-order chi connectivity index (χ0) is 21.2. The van der Waals surface area contributed by atoms with Gasteiger partial charge >= 0.3 is 0 Å². The molecule has 0 amide bonds. The summed E-state index contributed by atoms with van der Waals surface area (Å²) in [6.45, 7) is 0. The van der Waals surface area contributed by atoms with Crippen molar-refractivity contribution >= 4 is 34.8 Å². The number of furan rings is 1. The second kappa shape index (κ2) is 8.53. The number of halogens is 1. The molecule has 2 aromatic carbocycles. The third-order valence-electron chi connectivity index (χ3n) is 5.07. The summed E-state index contributed by atoms with van der Waals surface area (Å²) in [6, 6.07) is 25.5. The first kappa shape index (κ1) is 19.8. The molecule has 0 bridgehead atoms. The molecule has 2 aromatic heterocycles. The highest BCUT2D eigenvalue weighted by molar-refractivity contribution is 7.99. The fraction of sp³-hybridized carbons (Fsp3) is 0.0833. The van der Waals surface area contributed by atoms with E-state index in [0.29, 0.717) is 16.6 Å². The summed E-state index contributed by atoms with van der Waals surface area (Å²) in [5.74, 6) is 0.341. The molecule has 1 saturated heterocycles. The van der Waals surface area contributed by atoms with Crippen molar-refractivity contribution in [3.8, 4) is 0 Å². The monoisotopic (exact) mass is 447 g/mol. The number of para-hydroxylation sites is 1. The fourth-order valence-corrected chi connectivity index (χ4v) is 4.84. The number of thiocarbonyl (C=S) groups is 1. The molecule has 154 valence electrons. The quantitative estimate of drug-likeness (QED) is 0.371. The van der Waals surface area contributed by atoms with Gasteiger partial charge < -0.3 is 14.6 Å². The Hall–Kier alpha value is -3.16. The van der Waals surface area contributed by atoms with Crippen LogP contribution in [0.5, 0.6) is 0 Å². The van der Waals surface area contributed by atoms with Crippen molar-refractivity contribution in [2.24, 2.45) is 0 Å². The van der Waals surface area contributed by atoms with Crippen molar-refractivity contribution in [1.82, 2.24) is 10.3 Å². The third-order valence-corrected chi connectivity index (χ3v) is 6.31. The Kier molecular flexibility index (Phi) is 5.44. The average Bonchev–Trinajstić information content (AvgIpc) is 3.39. The van der Waals surface area contributed by atoms with Crippen LogP contribution in [0.2, 0.25) is 0 Å². The molecule has 0 aliphatic carbocycles. The predicted octanol–water partition coefficient (Wildman–Crippen LogP) is 6.14. The topological polar surface area (TPSA) is 41.3 Å². The van der Waals surface area contributed by atoms with Gasteiger partial charge in [-0.15, -0.1) is 0 Å². The van der Waals surface area contributed by atoms with Crippen LogP contribution in [0.3, 0.4) is 0 Å². The second-order valence-electron chi connectivity index (χ2n) is 7.02. The molecule has 0 saturated carbocycles. The molecule has 7 heteroatoms. The minimum atomic E-state index is -0.385. The summed E-state index contributed by atoms with van der Waals surface area (Å²) in [4.78, 5) is 7.36. The number of hydrogen-bond acceptors (Lipinski definition) is 4. The smallest absolute Gasteiger partial charge is 0.174 e. The molecular weight excluding hydrogens is 429 g/mol. The van der Waals surface area contributed by atoms with E-state index in [1.807, 2.05) is 60.7 Å². The first-order valence-corrected chi connectivity index (χ1v) is 11.0. The summed E-state index contributed by atoms with van der Waals surface area (Å²) < 4.78 is 21.0. The zero-order valence-corrected chi connectivity index (χ0v) is 17.9. The number of aromatic nitrogens is 1. The Bertz CT molecular complexity index is 1200. The maximum atomic E-state index is 14.7. The molecule has 1 aliphatic heterocycles. The van der Waals surface area contributed by atoms with Gasteiger partial charge in [-0.05, 0) is 60.7 Å². The van der Waals surface area contributed by atoms with Gasteiger partial charge in [-0.1, -0.05) is 48.2 Å². The van der Waals surface area contributed by atoms with Crippen LogP contribution < -0.4 is 10.2 Å². The molecular formula is C24H18FN3OS2. The summed E-state index contributed by atoms with van der Waals surface area (Å²) >= 11 is 7.16. The van der Waals surface area contributed by atoms with Gasteiger partial charge in [0.25, 0.3) is 0 Å². The van der Waals surface area contributed by atoms with E-state index >= 15 is 0 Å². The highest BCUT2D eigenvalue weighted by atomic mass is 32.2. The molecule has 0 spiro atoms. The van der Waals surface area contributed by atoms with Crippen molar-refractivity contribution < 1.29 is 8.81 Å². The normalized spacial score (nSPS) is 18.2. The molecule has 4 aromatic rings. The highest BCUT2D eigenvalue weighted by Crippen LogP contribution is 2.43. The van der Waals surface area contributed by atoms with Crippen LogP contribution >= 0.6 is 24.0 Å². The van der Waals surface area contributed by atoms with Gasteiger partial charge in [-0.3, -0.25) is 4.98 Å². The van der Waals surface area contributed by atoms with Gasteiger partial charge in [-0.2, -0.15) is 0 Å². The third kappa shape index (κ3) is 3.94. The van der Waals surface area contributed by atoms with Crippen molar-refractivity contribution in [1.29, 1.82) is 0 Å². The van der Waals surface area contributed by atoms with E-state index in [-0.39, 0.29) is 17.9 Å². The lowest BCUT2D eigenvalue weighted by Gasteiger charge is -2.26. The highest BCUT2D eigenvalue weighted by Gasteiger charge is 2.43. The molecule has 4 nitrogen and oxygen atoms in total. The first-order chi connectivity index (χ1) is 15.2. The van der Waals surface area contributed by atoms with E-state index < -0.39 is 0 Å². The van der Waals surface area contributed by atoms with E-state index in [9.17, 15) is 4.39 Å². The fourth-order valence-electron chi connectivity index (χ4n) is 3.70. The van der Waals surface area contributed by atoms with E-state index in [1.54, 1.807) is 29.3 Å². The van der Waals surface area contributed by atoms with Crippen LogP contribution in [-0.4, -0.2) is 10.1 Å². The average molecular weight is 448 g/mol. The minimum Gasteiger partial charge on any atom is -0.452 e. The zero-order valence-electron chi connectivity index (χ0n) is 16.3. The van der Waals surface area contributed by atoms with E-state index in [2.05, 4.69) is 10.3 Å². The van der Waals surface area contributed by atoms with Crippen molar-refractivity contribution in [3.05, 3.63) is 108 Å². The summed E-state index contributed by atoms with van der Waals surface area (Å²) in [7, 11) is 0. The number of hydrogen-bond donors (Lipinski definition) is 1. The number of benzene rings is 2. The largest absolute Gasteiger partial charge is 0.452 e. The van der Waals surface area contributed by atoms with Crippen LogP contribution in [0.25, 0.3) is 0 Å². The Morgan fingerprint density at radius 2 is 1.71 bits per heavy atom. The van der Waals surface area contributed by atoms with Gasteiger partial charge in [0.15, 0.2) is 10.2 Å². The molecule has 5 rings (SSSR count). The Morgan fingerprint density at radius 1 is 0.935 bits per heavy atom. The molecule has 1 N–H and O–H groups in total. The van der Waals surface area contributed by atoms with Gasteiger partial charge in [-0.25, -0.2) is 4.39 Å². The van der Waals surface area contributed by atoms with Gasteiger partial charge in [0.2, 0.25) is 0 Å².